The zero-order valence-electron chi connectivity index (χ0n) is 25.7. The van der Waals surface area contributed by atoms with Crippen molar-refractivity contribution in [2.45, 2.75) is 105 Å². The highest BCUT2D eigenvalue weighted by atomic mass is 19.4. The minimum Gasteiger partial charge on any atom is -0.382 e. The van der Waals surface area contributed by atoms with Crippen molar-refractivity contribution in [3.63, 3.8) is 0 Å². The van der Waals surface area contributed by atoms with Crippen molar-refractivity contribution in [2.75, 3.05) is 6.54 Å². The Morgan fingerprint density at radius 2 is 1.64 bits per heavy atom. The molecule has 0 spiro atoms. The number of Topliss-reactive ketones (excluding diaryl/α,β-unsaturated/α-hetero) is 1. The number of fused-ring (bicyclic) bond motifs is 7. The third-order valence-corrected chi connectivity index (χ3v) is 13.3. The highest BCUT2D eigenvalue weighted by Crippen LogP contribution is 2.77. The molecule has 5 rings (SSSR count). The zero-order valence-corrected chi connectivity index (χ0v) is 25.7. The summed E-state index contributed by atoms with van der Waals surface area (Å²) in [6.45, 7) is 12.3. The molecule has 5 aliphatic rings. The first-order chi connectivity index (χ1) is 19.1. The number of halogens is 3. The molecule has 0 radical (unpaired) electrons. The SMILES string of the molecule is CC1(C)CC[C@]2(C(=O)NCC(F)(F)F)CC[C@]3(C)C(C)(C(=O)C=C4[C@@]5(C)C=C(C#N)C(=O)[C@@](C)(O)C5CC[C@]43C)[C@@H]2C1. The lowest BCUT2D eigenvalue weighted by molar-refractivity contribution is -0.210. The molecule has 0 aromatic heterocycles. The normalized spacial score (nSPS) is 46.1. The third kappa shape index (κ3) is 3.75. The molecule has 0 aromatic rings. The summed E-state index contributed by atoms with van der Waals surface area (Å²) in [5.41, 5.74) is -5.64. The second kappa shape index (κ2) is 8.80. The largest absolute Gasteiger partial charge is 0.405 e. The van der Waals surface area contributed by atoms with E-state index in [0.29, 0.717) is 44.9 Å². The van der Waals surface area contributed by atoms with E-state index in [9.17, 15) is 37.9 Å². The van der Waals surface area contributed by atoms with Gasteiger partial charge in [0, 0.05) is 16.7 Å². The van der Waals surface area contributed by atoms with Gasteiger partial charge in [-0.2, -0.15) is 18.4 Å². The maximum atomic E-state index is 14.7. The Balaban J connectivity index is 1.69. The van der Waals surface area contributed by atoms with Gasteiger partial charge < -0.3 is 10.4 Å². The number of aliphatic hydroxyl groups is 1. The molecular weight excluding hydrogens is 545 g/mol. The number of ketones is 2. The summed E-state index contributed by atoms with van der Waals surface area (Å²) in [5, 5.41) is 23.4. The van der Waals surface area contributed by atoms with Crippen LogP contribution in [0.25, 0.3) is 0 Å². The lowest BCUT2D eigenvalue weighted by Gasteiger charge is -2.72. The van der Waals surface area contributed by atoms with E-state index in [2.05, 4.69) is 33.0 Å². The van der Waals surface area contributed by atoms with E-state index in [1.165, 1.54) is 6.92 Å². The number of hydrogen-bond donors (Lipinski definition) is 2. The quantitative estimate of drug-likeness (QED) is 0.412. The van der Waals surface area contributed by atoms with E-state index in [1.807, 2.05) is 19.9 Å². The molecular formula is C33H43F3N2O4. The van der Waals surface area contributed by atoms with E-state index in [4.69, 9.17) is 0 Å². The Labute approximate surface area is 246 Å². The Kier molecular flexibility index (Phi) is 6.49. The molecule has 2 N–H and O–H groups in total. The second-order valence-corrected chi connectivity index (χ2v) is 15.7. The highest BCUT2D eigenvalue weighted by Gasteiger charge is 2.75. The lowest BCUT2D eigenvalue weighted by atomic mass is 9.30. The fraction of sp³-hybridized carbons (Fsp3) is 0.758. The molecule has 0 bridgehead atoms. The van der Waals surface area contributed by atoms with Crippen molar-refractivity contribution < 1.29 is 32.7 Å². The standard InChI is InChI=1S/C33H43F3N2O4/c1-26(2)10-12-32(25(41)38-18-33(34,35)36)13-11-29(5)28(4)9-8-20-27(3,15-19(17-37)24(40)31(20,7)42)21(28)14-23(39)30(29,6)22(32)16-26/h14-15,20,22,42H,8-13,16,18H2,1-7H3,(H,38,41)/t20?,22-,27-,28+,29-,30?,31-,32-/m0/s1. The Hall–Kier alpha value is -2.47. The Bertz CT molecular complexity index is 1370. The molecule has 6 nitrogen and oxygen atoms in total. The number of hydrogen-bond acceptors (Lipinski definition) is 5. The van der Waals surface area contributed by atoms with Crippen LogP contribution in [-0.4, -0.2) is 40.9 Å². The van der Waals surface area contributed by atoms with Crippen molar-refractivity contribution >= 4 is 17.5 Å². The number of nitrogens with one attached hydrogen (secondary N) is 1. The summed E-state index contributed by atoms with van der Waals surface area (Å²) < 4.78 is 39.6. The second-order valence-electron chi connectivity index (χ2n) is 15.7. The molecule has 8 atom stereocenters. The fourth-order valence-corrected chi connectivity index (χ4v) is 10.5. The summed E-state index contributed by atoms with van der Waals surface area (Å²) in [4.78, 5) is 41.5. The first kappa shape index (κ1) is 31.0. The molecule has 42 heavy (non-hydrogen) atoms. The van der Waals surface area contributed by atoms with Crippen LogP contribution in [0.5, 0.6) is 0 Å². The van der Waals surface area contributed by atoms with Crippen molar-refractivity contribution in [1.82, 2.24) is 5.32 Å². The van der Waals surface area contributed by atoms with Crippen LogP contribution in [0.15, 0.2) is 23.3 Å². The molecule has 5 aliphatic carbocycles. The molecule has 230 valence electrons. The van der Waals surface area contributed by atoms with Crippen LogP contribution in [0, 0.1) is 55.7 Å². The summed E-state index contributed by atoms with van der Waals surface area (Å²) in [6, 6.07) is 1.96. The van der Waals surface area contributed by atoms with Crippen LogP contribution in [0.2, 0.25) is 0 Å². The van der Waals surface area contributed by atoms with Gasteiger partial charge in [0.2, 0.25) is 11.7 Å². The molecule has 9 heteroatoms. The zero-order chi connectivity index (χ0) is 31.5. The van der Waals surface area contributed by atoms with Gasteiger partial charge in [0.25, 0.3) is 0 Å². The van der Waals surface area contributed by atoms with Gasteiger partial charge in [0.15, 0.2) is 5.78 Å². The average molecular weight is 589 g/mol. The van der Waals surface area contributed by atoms with Gasteiger partial charge >= 0.3 is 6.18 Å². The van der Waals surface area contributed by atoms with Gasteiger partial charge in [-0.1, -0.05) is 53.2 Å². The number of rotatable bonds is 2. The average Bonchev–Trinajstić information content (AvgIpc) is 2.88. The molecule has 0 saturated heterocycles. The van der Waals surface area contributed by atoms with Crippen molar-refractivity contribution in [2.24, 2.45) is 44.3 Å². The predicted octanol–water partition coefficient (Wildman–Crippen LogP) is 6.00. The van der Waals surface area contributed by atoms with E-state index in [1.54, 1.807) is 12.2 Å². The van der Waals surface area contributed by atoms with Crippen LogP contribution in [0.4, 0.5) is 13.2 Å². The molecule has 3 saturated carbocycles. The molecule has 3 fully saturated rings. The van der Waals surface area contributed by atoms with Gasteiger partial charge in [-0.15, -0.1) is 0 Å². The summed E-state index contributed by atoms with van der Waals surface area (Å²) in [7, 11) is 0. The Morgan fingerprint density at radius 3 is 2.24 bits per heavy atom. The fourth-order valence-electron chi connectivity index (χ4n) is 10.5. The van der Waals surface area contributed by atoms with Crippen LogP contribution < -0.4 is 5.32 Å². The van der Waals surface area contributed by atoms with Crippen molar-refractivity contribution in [1.29, 1.82) is 5.26 Å². The maximum absolute atomic E-state index is 14.7. The van der Waals surface area contributed by atoms with E-state index >= 15 is 0 Å². The lowest BCUT2D eigenvalue weighted by Crippen LogP contribution is -2.71. The van der Waals surface area contributed by atoms with E-state index in [0.717, 1.165) is 5.57 Å². The van der Waals surface area contributed by atoms with E-state index in [-0.39, 0.29) is 16.8 Å². The number of nitriles is 1. The van der Waals surface area contributed by atoms with Crippen LogP contribution in [-0.2, 0) is 14.4 Å². The van der Waals surface area contributed by atoms with Crippen molar-refractivity contribution in [3.8, 4) is 6.07 Å². The topological polar surface area (TPSA) is 107 Å². The van der Waals surface area contributed by atoms with Crippen LogP contribution in [0.3, 0.4) is 0 Å². The minimum atomic E-state index is -4.54. The number of carbonyl (C=O) groups excluding carboxylic acids is 3. The van der Waals surface area contributed by atoms with Crippen LogP contribution in [0.1, 0.15) is 93.4 Å². The van der Waals surface area contributed by atoms with E-state index < -0.39 is 68.9 Å². The van der Waals surface area contributed by atoms with Gasteiger partial charge in [0.05, 0.1) is 11.0 Å². The molecule has 1 amide bonds. The summed E-state index contributed by atoms with van der Waals surface area (Å²) in [5.74, 6) is -2.39. The predicted molar refractivity (Wildman–Crippen MR) is 149 cm³/mol. The highest BCUT2D eigenvalue weighted by molar-refractivity contribution is 6.06. The first-order valence-electron chi connectivity index (χ1n) is 15.1. The van der Waals surface area contributed by atoms with Gasteiger partial charge in [-0.05, 0) is 80.1 Å². The summed E-state index contributed by atoms with van der Waals surface area (Å²) >= 11 is 0. The Morgan fingerprint density at radius 1 is 1.02 bits per heavy atom. The number of amides is 1. The first-order valence-corrected chi connectivity index (χ1v) is 15.1. The third-order valence-electron chi connectivity index (χ3n) is 13.3. The molecule has 0 aliphatic heterocycles. The van der Waals surface area contributed by atoms with Gasteiger partial charge in [-0.25, -0.2) is 0 Å². The number of carbonyl (C=O) groups is 3. The summed E-state index contributed by atoms with van der Waals surface area (Å²) in [6.07, 6.45) is 2.28. The number of allylic oxidation sites excluding steroid dienone is 3. The maximum Gasteiger partial charge on any atom is 0.405 e. The molecule has 0 heterocycles. The van der Waals surface area contributed by atoms with Gasteiger partial charge in [-0.3, -0.25) is 14.4 Å². The van der Waals surface area contributed by atoms with Crippen molar-refractivity contribution in [3.05, 3.63) is 23.3 Å². The molecule has 0 aromatic carbocycles. The smallest absolute Gasteiger partial charge is 0.382 e. The van der Waals surface area contributed by atoms with Gasteiger partial charge in [0.1, 0.15) is 18.2 Å². The minimum absolute atomic E-state index is 0.118. The molecule has 2 unspecified atom stereocenters. The number of nitrogens with zero attached hydrogens (tertiary/aromatic N) is 1. The van der Waals surface area contributed by atoms with Crippen LogP contribution >= 0.6 is 0 Å². The monoisotopic (exact) mass is 588 g/mol. The number of alkyl halides is 3.